The summed E-state index contributed by atoms with van der Waals surface area (Å²) in [4.78, 5) is 36.6. The molecule has 1 saturated heterocycles. The topological polar surface area (TPSA) is 75.7 Å². The van der Waals surface area contributed by atoms with Gasteiger partial charge in [-0.05, 0) is 44.0 Å². The van der Waals surface area contributed by atoms with Crippen molar-refractivity contribution in [2.45, 2.75) is 39.2 Å². The molecule has 0 bridgehead atoms. The fourth-order valence-electron chi connectivity index (χ4n) is 2.53. The Morgan fingerprint density at radius 3 is 2.60 bits per heavy atom. The number of hydrogen-bond donors (Lipinski definition) is 1. The molecule has 0 aliphatic carbocycles. The Hall–Kier alpha value is -2.63. The number of nitrogens with zero attached hydrogens (tertiary/aromatic N) is 1. The predicted octanol–water partition coefficient (Wildman–Crippen LogP) is 2.28. The normalized spacial score (nSPS) is 14.4. The number of nitrogens with one attached hydrogen (secondary N) is 1. The van der Waals surface area contributed by atoms with Gasteiger partial charge in [0.25, 0.3) is 0 Å². The fraction of sp³-hybridized carbons (Fsp3) is 0.421. The van der Waals surface area contributed by atoms with E-state index in [-0.39, 0.29) is 36.9 Å². The highest BCUT2D eigenvalue weighted by Crippen LogP contribution is 2.21. The Kier molecular flexibility index (Phi) is 6.74. The number of carbonyl (C=O) groups excluding carboxylic acids is 3. The summed E-state index contributed by atoms with van der Waals surface area (Å²) in [6.45, 7) is 4.56. The molecule has 0 spiro atoms. The zero-order chi connectivity index (χ0) is 18.2. The van der Waals surface area contributed by atoms with Gasteiger partial charge < -0.3 is 15.0 Å². The summed E-state index contributed by atoms with van der Waals surface area (Å²) < 4.78 is 4.99. The third-order valence-corrected chi connectivity index (χ3v) is 3.70. The van der Waals surface area contributed by atoms with E-state index in [9.17, 15) is 14.4 Å². The maximum Gasteiger partial charge on any atom is 0.307 e. The molecule has 25 heavy (non-hydrogen) atoms. The Balaban J connectivity index is 1.78. The predicted molar refractivity (Wildman–Crippen MR) is 95.9 cm³/mol. The highest BCUT2D eigenvalue weighted by Gasteiger charge is 2.21. The van der Waals surface area contributed by atoms with E-state index in [2.05, 4.69) is 5.32 Å². The van der Waals surface area contributed by atoms with Crippen molar-refractivity contribution in [3.8, 4) is 0 Å². The number of ether oxygens (including phenoxy) is 1. The van der Waals surface area contributed by atoms with Gasteiger partial charge in [0.1, 0.15) is 0 Å². The van der Waals surface area contributed by atoms with E-state index in [1.807, 2.05) is 24.3 Å². The zero-order valence-electron chi connectivity index (χ0n) is 14.7. The van der Waals surface area contributed by atoms with Crippen LogP contribution in [0, 0.1) is 0 Å². The molecule has 1 aromatic rings. The summed E-state index contributed by atoms with van der Waals surface area (Å²) >= 11 is 0. The van der Waals surface area contributed by atoms with Crippen molar-refractivity contribution in [3.63, 3.8) is 0 Å². The average Bonchev–Trinajstić information content (AvgIpc) is 2.99. The lowest BCUT2D eigenvalue weighted by Gasteiger charge is -2.15. The van der Waals surface area contributed by atoms with E-state index in [1.54, 1.807) is 24.8 Å². The van der Waals surface area contributed by atoms with Gasteiger partial charge in [0.2, 0.25) is 11.8 Å². The molecule has 6 nitrogen and oxygen atoms in total. The Bertz CT molecular complexity index is 650. The van der Waals surface area contributed by atoms with Gasteiger partial charge in [-0.25, -0.2) is 0 Å². The molecule has 2 rings (SSSR count). The number of anilines is 1. The number of benzene rings is 1. The lowest BCUT2D eigenvalue weighted by Crippen LogP contribution is -2.25. The third-order valence-electron chi connectivity index (χ3n) is 3.70. The van der Waals surface area contributed by atoms with Crippen molar-refractivity contribution in [1.29, 1.82) is 0 Å². The maximum atomic E-state index is 11.7. The van der Waals surface area contributed by atoms with Crippen molar-refractivity contribution in [2.75, 3.05) is 18.0 Å². The lowest BCUT2D eigenvalue weighted by molar-refractivity contribution is -0.147. The minimum Gasteiger partial charge on any atom is -0.463 e. The van der Waals surface area contributed by atoms with E-state index >= 15 is 0 Å². The lowest BCUT2D eigenvalue weighted by atomic mass is 10.2. The highest BCUT2D eigenvalue weighted by molar-refractivity contribution is 5.95. The highest BCUT2D eigenvalue weighted by atomic mass is 16.5. The van der Waals surface area contributed by atoms with E-state index < -0.39 is 0 Å². The molecule has 0 radical (unpaired) electrons. The van der Waals surface area contributed by atoms with Crippen molar-refractivity contribution >= 4 is 29.5 Å². The van der Waals surface area contributed by atoms with Crippen LogP contribution in [-0.2, 0) is 19.1 Å². The van der Waals surface area contributed by atoms with Gasteiger partial charge in [-0.3, -0.25) is 14.4 Å². The first-order chi connectivity index (χ1) is 12.0. The standard InChI is InChI=1S/C19H24N2O4/c1-14(2)25-19(24)11-12-20-17(22)10-7-15-5-8-16(9-6-15)21-13-3-4-18(21)23/h5-10,14H,3-4,11-13H2,1-2H3,(H,20,22)/b10-7+. The second-order valence-corrected chi connectivity index (χ2v) is 6.15. The molecule has 1 aliphatic heterocycles. The summed E-state index contributed by atoms with van der Waals surface area (Å²) in [7, 11) is 0. The average molecular weight is 344 g/mol. The third kappa shape index (κ3) is 6.06. The van der Waals surface area contributed by atoms with Crippen LogP contribution in [0.15, 0.2) is 30.3 Å². The minimum absolute atomic E-state index is 0.149. The van der Waals surface area contributed by atoms with Crippen LogP contribution in [0.25, 0.3) is 6.08 Å². The summed E-state index contributed by atoms with van der Waals surface area (Å²) in [6.07, 6.45) is 4.61. The van der Waals surface area contributed by atoms with Gasteiger partial charge in [-0.1, -0.05) is 12.1 Å². The molecule has 2 amide bonds. The molecule has 6 heteroatoms. The van der Waals surface area contributed by atoms with Gasteiger partial charge in [0, 0.05) is 31.3 Å². The Labute approximate surface area is 147 Å². The fourth-order valence-corrected chi connectivity index (χ4v) is 2.53. The van der Waals surface area contributed by atoms with Crippen LogP contribution in [0.3, 0.4) is 0 Å². The van der Waals surface area contributed by atoms with E-state index in [0.717, 1.165) is 24.2 Å². The molecular weight excluding hydrogens is 320 g/mol. The molecule has 1 N–H and O–H groups in total. The van der Waals surface area contributed by atoms with Crippen molar-refractivity contribution in [1.82, 2.24) is 5.32 Å². The molecule has 0 saturated carbocycles. The molecular formula is C19H24N2O4. The van der Waals surface area contributed by atoms with E-state index in [4.69, 9.17) is 4.74 Å². The second-order valence-electron chi connectivity index (χ2n) is 6.15. The summed E-state index contributed by atoms with van der Waals surface area (Å²) in [5, 5.41) is 2.64. The first-order valence-corrected chi connectivity index (χ1v) is 8.51. The molecule has 0 aromatic heterocycles. The number of esters is 1. The van der Waals surface area contributed by atoms with Crippen LogP contribution < -0.4 is 10.2 Å². The van der Waals surface area contributed by atoms with Crippen LogP contribution in [0.1, 0.15) is 38.7 Å². The van der Waals surface area contributed by atoms with E-state index in [1.165, 1.54) is 6.08 Å². The molecule has 1 heterocycles. The summed E-state index contributed by atoms with van der Waals surface area (Å²) in [6, 6.07) is 7.49. The smallest absolute Gasteiger partial charge is 0.307 e. The minimum atomic E-state index is -0.327. The second kappa shape index (κ2) is 9.01. The van der Waals surface area contributed by atoms with Crippen LogP contribution in [-0.4, -0.2) is 37.0 Å². The largest absolute Gasteiger partial charge is 0.463 e. The van der Waals surface area contributed by atoms with Gasteiger partial charge in [0.15, 0.2) is 0 Å². The molecule has 1 aromatic carbocycles. The van der Waals surface area contributed by atoms with Gasteiger partial charge in [-0.2, -0.15) is 0 Å². The first-order valence-electron chi connectivity index (χ1n) is 8.51. The number of amides is 2. The van der Waals surface area contributed by atoms with Crippen molar-refractivity contribution < 1.29 is 19.1 Å². The van der Waals surface area contributed by atoms with Gasteiger partial charge in [0.05, 0.1) is 12.5 Å². The molecule has 134 valence electrons. The van der Waals surface area contributed by atoms with Crippen LogP contribution >= 0.6 is 0 Å². The Morgan fingerprint density at radius 2 is 2.00 bits per heavy atom. The first kappa shape index (κ1) is 18.7. The van der Waals surface area contributed by atoms with Crippen LogP contribution in [0.4, 0.5) is 5.69 Å². The molecule has 0 unspecified atom stereocenters. The van der Waals surface area contributed by atoms with Crippen LogP contribution in [0.2, 0.25) is 0 Å². The number of carbonyl (C=O) groups is 3. The van der Waals surface area contributed by atoms with Gasteiger partial charge >= 0.3 is 5.97 Å². The maximum absolute atomic E-state index is 11.7. The molecule has 1 fully saturated rings. The zero-order valence-corrected chi connectivity index (χ0v) is 14.7. The Morgan fingerprint density at radius 1 is 1.28 bits per heavy atom. The quantitative estimate of drug-likeness (QED) is 0.608. The van der Waals surface area contributed by atoms with Gasteiger partial charge in [-0.15, -0.1) is 0 Å². The number of rotatable bonds is 7. The van der Waals surface area contributed by atoms with E-state index in [0.29, 0.717) is 6.42 Å². The molecule has 1 aliphatic rings. The summed E-state index contributed by atoms with van der Waals surface area (Å²) in [5.74, 6) is -0.443. The number of hydrogen-bond acceptors (Lipinski definition) is 4. The monoisotopic (exact) mass is 344 g/mol. The molecule has 0 atom stereocenters. The van der Waals surface area contributed by atoms with Crippen molar-refractivity contribution in [3.05, 3.63) is 35.9 Å². The van der Waals surface area contributed by atoms with Crippen molar-refractivity contribution in [2.24, 2.45) is 0 Å². The SMILES string of the molecule is CC(C)OC(=O)CCNC(=O)/C=C/c1ccc(N2CCCC2=O)cc1. The summed E-state index contributed by atoms with van der Waals surface area (Å²) in [5.41, 5.74) is 1.75. The van der Waals surface area contributed by atoms with Crippen LogP contribution in [0.5, 0.6) is 0 Å².